The van der Waals surface area contributed by atoms with Gasteiger partial charge in [-0.3, -0.25) is 9.59 Å². The fourth-order valence-electron chi connectivity index (χ4n) is 1.71. The SMILES string of the molecule is N/C(=N\O)c1nonc1SCCNc1c(NCCO)c(=O)c1=O. The zero-order chi connectivity index (χ0) is 16.8. The number of nitrogens with zero attached hydrogens (tertiary/aromatic N) is 3. The van der Waals surface area contributed by atoms with Gasteiger partial charge >= 0.3 is 0 Å². The highest BCUT2D eigenvalue weighted by Gasteiger charge is 2.20. The molecule has 2 aromatic rings. The van der Waals surface area contributed by atoms with Gasteiger partial charge in [-0.05, 0) is 10.3 Å². The summed E-state index contributed by atoms with van der Waals surface area (Å²) in [7, 11) is 0. The van der Waals surface area contributed by atoms with E-state index in [1.165, 1.54) is 11.8 Å². The first-order valence-electron chi connectivity index (χ1n) is 6.45. The van der Waals surface area contributed by atoms with Gasteiger partial charge in [0.15, 0.2) is 16.6 Å². The van der Waals surface area contributed by atoms with Gasteiger partial charge in [0.05, 0.1) is 6.61 Å². The van der Waals surface area contributed by atoms with Gasteiger partial charge in [0.25, 0.3) is 10.9 Å². The van der Waals surface area contributed by atoms with Crippen LogP contribution in [-0.4, -0.2) is 51.9 Å². The van der Waals surface area contributed by atoms with E-state index in [2.05, 4.69) is 30.7 Å². The van der Waals surface area contributed by atoms with Crippen molar-refractivity contribution >= 4 is 29.0 Å². The van der Waals surface area contributed by atoms with E-state index < -0.39 is 10.9 Å². The fourth-order valence-corrected chi connectivity index (χ4v) is 2.47. The standard InChI is InChI=1S/C11H14N6O5S/c12-10(15-21)7-11(17-22-16-7)23-4-2-14-6-5(13-1-3-18)8(19)9(6)20/h13-14,18,21H,1-4H2,(H2,12,15). The largest absolute Gasteiger partial charge is 0.409 e. The molecule has 0 aliphatic rings. The molecule has 0 radical (unpaired) electrons. The Labute approximate surface area is 133 Å². The van der Waals surface area contributed by atoms with Crippen molar-refractivity contribution < 1.29 is 14.9 Å². The van der Waals surface area contributed by atoms with Gasteiger partial charge in [-0.2, -0.15) is 0 Å². The van der Waals surface area contributed by atoms with Gasteiger partial charge < -0.3 is 26.7 Å². The van der Waals surface area contributed by atoms with Crippen molar-refractivity contribution in [3.05, 3.63) is 26.1 Å². The molecule has 11 nitrogen and oxygen atoms in total. The summed E-state index contributed by atoms with van der Waals surface area (Å²) in [6.07, 6.45) is 0. The third-order valence-corrected chi connectivity index (χ3v) is 3.72. The second kappa shape index (κ2) is 7.60. The van der Waals surface area contributed by atoms with Crippen molar-refractivity contribution in [3.8, 4) is 0 Å². The molecule has 2 rings (SSSR count). The zero-order valence-corrected chi connectivity index (χ0v) is 12.6. The number of hydrogen-bond acceptors (Lipinski definition) is 11. The smallest absolute Gasteiger partial charge is 0.253 e. The van der Waals surface area contributed by atoms with Gasteiger partial charge in [-0.25, -0.2) is 4.63 Å². The summed E-state index contributed by atoms with van der Waals surface area (Å²) < 4.78 is 4.52. The molecule has 0 bridgehead atoms. The van der Waals surface area contributed by atoms with Crippen LogP contribution >= 0.6 is 11.8 Å². The lowest BCUT2D eigenvalue weighted by Crippen LogP contribution is -2.38. The van der Waals surface area contributed by atoms with Crippen molar-refractivity contribution in [2.75, 3.05) is 36.1 Å². The molecular weight excluding hydrogens is 328 g/mol. The van der Waals surface area contributed by atoms with E-state index >= 15 is 0 Å². The Balaban J connectivity index is 1.87. The van der Waals surface area contributed by atoms with Crippen molar-refractivity contribution in [3.63, 3.8) is 0 Å². The number of amidine groups is 1. The quantitative estimate of drug-likeness (QED) is 0.0672. The fraction of sp³-hybridized carbons (Fsp3) is 0.364. The predicted octanol–water partition coefficient (Wildman–Crippen LogP) is -1.63. The molecule has 0 aliphatic heterocycles. The van der Waals surface area contributed by atoms with Crippen molar-refractivity contribution in [2.24, 2.45) is 10.9 Å². The molecule has 1 heterocycles. The monoisotopic (exact) mass is 342 g/mol. The van der Waals surface area contributed by atoms with E-state index in [-0.39, 0.29) is 36.1 Å². The first-order chi connectivity index (χ1) is 11.1. The molecule has 12 heteroatoms. The van der Waals surface area contributed by atoms with Crippen LogP contribution in [0.3, 0.4) is 0 Å². The summed E-state index contributed by atoms with van der Waals surface area (Å²) >= 11 is 1.21. The Morgan fingerprint density at radius 1 is 1.22 bits per heavy atom. The van der Waals surface area contributed by atoms with Gasteiger partial charge in [0.2, 0.25) is 0 Å². The number of oxime groups is 1. The van der Waals surface area contributed by atoms with Crippen LogP contribution in [0.5, 0.6) is 0 Å². The molecule has 0 atom stereocenters. The second-order valence-electron chi connectivity index (χ2n) is 4.24. The summed E-state index contributed by atoms with van der Waals surface area (Å²) in [5.74, 6) is 0.234. The van der Waals surface area contributed by atoms with E-state index in [1.54, 1.807) is 0 Å². The lowest BCUT2D eigenvalue weighted by atomic mass is 10.2. The highest BCUT2D eigenvalue weighted by atomic mass is 32.2. The normalized spacial score (nSPS) is 11.8. The highest BCUT2D eigenvalue weighted by Crippen LogP contribution is 2.19. The third kappa shape index (κ3) is 3.60. The lowest BCUT2D eigenvalue weighted by Gasteiger charge is -2.13. The number of thioether (sulfide) groups is 1. The molecule has 23 heavy (non-hydrogen) atoms. The Hall–Kier alpha value is -2.60. The van der Waals surface area contributed by atoms with E-state index in [0.29, 0.717) is 17.3 Å². The van der Waals surface area contributed by atoms with Crippen molar-refractivity contribution in [2.45, 2.75) is 5.03 Å². The maximum absolute atomic E-state index is 11.5. The molecule has 1 aromatic carbocycles. The summed E-state index contributed by atoms with van der Waals surface area (Å²) in [6, 6.07) is 0. The van der Waals surface area contributed by atoms with E-state index in [0.717, 1.165) is 0 Å². The van der Waals surface area contributed by atoms with Crippen LogP contribution < -0.4 is 27.2 Å². The Kier molecular flexibility index (Phi) is 5.54. The number of aliphatic hydroxyl groups excluding tert-OH is 1. The number of aliphatic hydroxyl groups is 1. The number of anilines is 2. The van der Waals surface area contributed by atoms with Crippen molar-refractivity contribution in [1.29, 1.82) is 0 Å². The average molecular weight is 342 g/mol. The number of rotatable bonds is 9. The van der Waals surface area contributed by atoms with Crippen LogP contribution in [0.1, 0.15) is 5.69 Å². The van der Waals surface area contributed by atoms with Crippen LogP contribution in [0, 0.1) is 0 Å². The number of hydrogen-bond donors (Lipinski definition) is 5. The molecular formula is C11H14N6O5S. The Morgan fingerprint density at radius 2 is 1.87 bits per heavy atom. The van der Waals surface area contributed by atoms with Gasteiger partial charge in [0.1, 0.15) is 11.4 Å². The molecule has 0 fully saturated rings. The second-order valence-corrected chi connectivity index (χ2v) is 5.32. The Morgan fingerprint density at radius 3 is 2.48 bits per heavy atom. The first kappa shape index (κ1) is 16.8. The maximum atomic E-state index is 11.5. The first-order valence-corrected chi connectivity index (χ1v) is 7.43. The summed E-state index contributed by atoms with van der Waals surface area (Å²) in [5, 5.41) is 33.1. The molecule has 6 N–H and O–H groups in total. The molecule has 0 aliphatic carbocycles. The maximum Gasteiger partial charge on any atom is 0.253 e. The van der Waals surface area contributed by atoms with Crippen molar-refractivity contribution in [1.82, 2.24) is 10.3 Å². The molecule has 0 spiro atoms. The molecule has 124 valence electrons. The minimum absolute atomic E-state index is 0.122. The summed E-state index contributed by atoms with van der Waals surface area (Å²) in [6.45, 7) is 0.387. The van der Waals surface area contributed by atoms with Gasteiger partial charge in [-0.1, -0.05) is 16.9 Å². The topological polar surface area (TPSA) is 176 Å². The molecule has 0 amide bonds. The minimum Gasteiger partial charge on any atom is -0.409 e. The van der Waals surface area contributed by atoms with Gasteiger partial charge in [-0.15, -0.1) is 0 Å². The van der Waals surface area contributed by atoms with Crippen LogP contribution in [-0.2, 0) is 0 Å². The summed E-state index contributed by atoms with van der Waals surface area (Å²) in [5.41, 5.74) is 4.69. The molecule has 1 aromatic heterocycles. The lowest BCUT2D eigenvalue weighted by molar-refractivity contribution is 0.296. The molecule has 0 saturated carbocycles. The average Bonchev–Trinajstić information content (AvgIpc) is 3.03. The molecule has 0 saturated heterocycles. The number of nitrogens with two attached hydrogens (primary N) is 1. The van der Waals surface area contributed by atoms with E-state index in [4.69, 9.17) is 16.0 Å². The predicted molar refractivity (Wildman–Crippen MR) is 83.0 cm³/mol. The Bertz CT molecular complexity index is 765. The van der Waals surface area contributed by atoms with Gasteiger partial charge in [0, 0.05) is 18.8 Å². The van der Waals surface area contributed by atoms with E-state index in [1.807, 2.05) is 0 Å². The number of nitrogens with one attached hydrogen (secondary N) is 2. The van der Waals surface area contributed by atoms with Crippen LogP contribution in [0.25, 0.3) is 0 Å². The summed E-state index contributed by atoms with van der Waals surface area (Å²) in [4.78, 5) is 22.8. The van der Waals surface area contributed by atoms with E-state index in [9.17, 15) is 9.59 Å². The van der Waals surface area contributed by atoms with Crippen LogP contribution in [0.15, 0.2) is 24.4 Å². The number of aromatic nitrogens is 2. The minimum atomic E-state index is -0.608. The van der Waals surface area contributed by atoms with Crippen LogP contribution in [0.2, 0.25) is 0 Å². The molecule has 0 unspecified atom stereocenters. The zero-order valence-electron chi connectivity index (χ0n) is 11.8. The third-order valence-electron chi connectivity index (χ3n) is 2.78. The highest BCUT2D eigenvalue weighted by molar-refractivity contribution is 7.99. The van der Waals surface area contributed by atoms with Crippen LogP contribution in [0.4, 0.5) is 11.4 Å².